The predicted molar refractivity (Wildman–Crippen MR) is 210 cm³/mol. The molecule has 0 radical (unpaired) electrons. The molecule has 280 valence electrons. The summed E-state index contributed by atoms with van der Waals surface area (Å²) in [5.41, 5.74) is 2.77. The standard InChI is InChI=1S/C45H83N2.ClH/c1-4-6-8-10-12-14-16-18-20-22-24-26-28-30-32-34-38-43(41-47-42-46(3)44-39-35-36-40-45(44)47)37-33-31-29-27-25-23-21-19-17-15-13-11-9-7-5-2;/h35-36,39-40,42-43H,4-34,37-38,41H2,1-3H3;1H/q+1;/p-1. The Morgan fingerprint density at radius 2 is 0.771 bits per heavy atom. The van der Waals surface area contributed by atoms with E-state index in [1.165, 1.54) is 229 Å². The van der Waals surface area contributed by atoms with E-state index in [9.17, 15) is 0 Å². The van der Waals surface area contributed by atoms with Crippen molar-refractivity contribution in [3.8, 4) is 0 Å². The molecule has 0 amide bonds. The predicted octanol–water partition coefficient (Wildman–Crippen LogP) is 12.0. The fourth-order valence-corrected chi connectivity index (χ4v) is 7.87. The number of hydrogen-bond acceptors (Lipinski definition) is 0. The molecule has 3 heteroatoms. The second kappa shape index (κ2) is 33.1. The van der Waals surface area contributed by atoms with Gasteiger partial charge in [-0.25, -0.2) is 9.13 Å². The third-order valence-electron chi connectivity index (χ3n) is 11.0. The molecule has 1 aromatic carbocycles. The van der Waals surface area contributed by atoms with Gasteiger partial charge in [0.25, 0.3) is 0 Å². The number of imidazole rings is 1. The summed E-state index contributed by atoms with van der Waals surface area (Å²) in [6, 6.07) is 8.97. The number of nitrogens with zero attached hydrogens (tertiary/aromatic N) is 2. The zero-order valence-corrected chi connectivity index (χ0v) is 33.5. The molecule has 0 saturated heterocycles. The largest absolute Gasteiger partial charge is 1.00 e. The number of unbranched alkanes of at least 4 members (excludes halogenated alkanes) is 29. The Morgan fingerprint density at radius 3 is 1.12 bits per heavy atom. The lowest BCUT2D eigenvalue weighted by Crippen LogP contribution is -3.00. The molecular weight excluding hydrogens is 604 g/mol. The number of benzene rings is 1. The molecule has 0 aliphatic heterocycles. The quantitative estimate of drug-likeness (QED) is 0.0504. The van der Waals surface area contributed by atoms with Crippen LogP contribution in [0.2, 0.25) is 0 Å². The monoisotopic (exact) mass is 687 g/mol. The van der Waals surface area contributed by atoms with Crippen molar-refractivity contribution in [2.24, 2.45) is 13.0 Å². The molecule has 1 atom stereocenters. The first-order valence-corrected chi connectivity index (χ1v) is 21.7. The van der Waals surface area contributed by atoms with Crippen LogP contribution in [0.3, 0.4) is 0 Å². The fourth-order valence-electron chi connectivity index (χ4n) is 7.87. The Balaban J connectivity index is 0.0000115. The molecule has 0 saturated carbocycles. The van der Waals surface area contributed by atoms with Gasteiger partial charge in [0, 0.05) is 0 Å². The van der Waals surface area contributed by atoms with E-state index in [1.54, 1.807) is 0 Å². The van der Waals surface area contributed by atoms with Crippen LogP contribution in [0, 0.1) is 5.92 Å². The van der Waals surface area contributed by atoms with Gasteiger partial charge in [-0.3, -0.25) is 0 Å². The second-order valence-corrected chi connectivity index (χ2v) is 15.6. The minimum Gasteiger partial charge on any atom is -1.00 e. The lowest BCUT2D eigenvalue weighted by Gasteiger charge is -2.15. The normalized spacial score (nSPS) is 12.1. The zero-order valence-electron chi connectivity index (χ0n) is 32.8. The number of fused-ring (bicyclic) bond motifs is 1. The van der Waals surface area contributed by atoms with Gasteiger partial charge < -0.3 is 12.4 Å². The molecule has 0 fully saturated rings. The van der Waals surface area contributed by atoms with Crippen LogP contribution >= 0.6 is 0 Å². The number of para-hydroxylation sites is 2. The summed E-state index contributed by atoms with van der Waals surface area (Å²) in [5.74, 6) is 0.819. The average molecular weight is 688 g/mol. The molecule has 48 heavy (non-hydrogen) atoms. The Kier molecular flexibility index (Phi) is 31.1. The number of halogens is 1. The molecular formula is C45H83ClN2. The molecule has 2 rings (SSSR count). The topological polar surface area (TPSA) is 8.81 Å². The van der Waals surface area contributed by atoms with Crippen molar-refractivity contribution in [3.05, 3.63) is 30.6 Å². The molecule has 0 bridgehead atoms. The Hall–Kier alpha value is -1.02. The number of aromatic nitrogens is 2. The van der Waals surface area contributed by atoms with Crippen molar-refractivity contribution >= 4 is 11.0 Å². The molecule has 1 heterocycles. The van der Waals surface area contributed by atoms with Crippen molar-refractivity contribution in [1.82, 2.24) is 4.57 Å². The van der Waals surface area contributed by atoms with Crippen LogP contribution in [0.25, 0.3) is 11.0 Å². The van der Waals surface area contributed by atoms with E-state index >= 15 is 0 Å². The maximum absolute atomic E-state index is 2.55. The van der Waals surface area contributed by atoms with Gasteiger partial charge in [0.05, 0.1) is 13.6 Å². The SMILES string of the molecule is CCCCCCCCCCCCCCCCCCC(CCCCCCCCCCCCCCCCC)Cn1c[n+](C)c2ccccc21.[Cl-]. The van der Waals surface area contributed by atoms with E-state index in [0.29, 0.717) is 0 Å². The highest BCUT2D eigenvalue weighted by Crippen LogP contribution is 2.23. The van der Waals surface area contributed by atoms with Crippen LogP contribution < -0.4 is 17.0 Å². The number of aryl methyl sites for hydroxylation is 1. The summed E-state index contributed by atoms with van der Waals surface area (Å²) in [7, 11) is 2.21. The summed E-state index contributed by atoms with van der Waals surface area (Å²) >= 11 is 0. The van der Waals surface area contributed by atoms with Crippen LogP contribution in [0.4, 0.5) is 0 Å². The molecule has 1 aromatic heterocycles. The van der Waals surface area contributed by atoms with Crippen molar-refractivity contribution in [3.63, 3.8) is 0 Å². The van der Waals surface area contributed by atoms with Crippen LogP contribution in [0.1, 0.15) is 226 Å². The van der Waals surface area contributed by atoms with E-state index in [1.807, 2.05) is 0 Å². The summed E-state index contributed by atoms with van der Waals surface area (Å²) in [4.78, 5) is 0. The van der Waals surface area contributed by atoms with E-state index < -0.39 is 0 Å². The lowest BCUT2D eigenvalue weighted by molar-refractivity contribution is -0.645. The minimum absolute atomic E-state index is 0. The van der Waals surface area contributed by atoms with E-state index in [0.717, 1.165) is 5.92 Å². The average Bonchev–Trinajstić information content (AvgIpc) is 3.40. The zero-order chi connectivity index (χ0) is 33.5. The maximum atomic E-state index is 2.55. The first-order valence-electron chi connectivity index (χ1n) is 21.7. The lowest BCUT2D eigenvalue weighted by atomic mass is 9.93. The van der Waals surface area contributed by atoms with Crippen LogP contribution in [0.5, 0.6) is 0 Å². The summed E-state index contributed by atoms with van der Waals surface area (Å²) in [6.45, 7) is 5.82. The Bertz CT molecular complexity index is 936. The first kappa shape index (κ1) is 45.0. The van der Waals surface area contributed by atoms with Gasteiger partial charge in [-0.1, -0.05) is 225 Å². The molecule has 0 aliphatic rings. The van der Waals surface area contributed by atoms with E-state index in [2.05, 4.69) is 60.6 Å². The van der Waals surface area contributed by atoms with Gasteiger partial charge in [0.2, 0.25) is 6.33 Å². The van der Waals surface area contributed by atoms with Crippen LogP contribution in [-0.2, 0) is 13.6 Å². The highest BCUT2D eigenvalue weighted by atomic mass is 35.5. The number of rotatable bonds is 35. The summed E-state index contributed by atoms with van der Waals surface area (Å²) in [5, 5.41) is 0. The van der Waals surface area contributed by atoms with Crippen LogP contribution in [0.15, 0.2) is 30.6 Å². The highest BCUT2D eigenvalue weighted by molar-refractivity contribution is 5.71. The third kappa shape index (κ3) is 23.4. The second-order valence-electron chi connectivity index (χ2n) is 15.6. The van der Waals surface area contributed by atoms with Gasteiger partial charge in [-0.2, -0.15) is 0 Å². The van der Waals surface area contributed by atoms with Crippen LogP contribution in [-0.4, -0.2) is 4.57 Å². The summed E-state index contributed by atoms with van der Waals surface area (Å²) < 4.78 is 4.87. The van der Waals surface area contributed by atoms with E-state index in [4.69, 9.17) is 0 Å². The molecule has 2 nitrogen and oxygen atoms in total. The first-order chi connectivity index (χ1) is 23.3. The molecule has 0 N–H and O–H groups in total. The van der Waals surface area contributed by atoms with Gasteiger partial charge in [-0.05, 0) is 30.9 Å². The van der Waals surface area contributed by atoms with Gasteiger partial charge in [0.1, 0.15) is 0 Å². The fraction of sp³-hybridized carbons (Fsp3) is 0.844. The van der Waals surface area contributed by atoms with E-state index in [-0.39, 0.29) is 12.4 Å². The molecule has 0 aliphatic carbocycles. The highest BCUT2D eigenvalue weighted by Gasteiger charge is 2.17. The Morgan fingerprint density at radius 1 is 0.458 bits per heavy atom. The van der Waals surface area contributed by atoms with Crippen molar-refractivity contribution in [2.45, 2.75) is 232 Å². The molecule has 0 spiro atoms. The minimum atomic E-state index is 0. The molecule has 2 aromatic rings. The summed E-state index contributed by atoms with van der Waals surface area (Å²) in [6.07, 6.45) is 50.2. The van der Waals surface area contributed by atoms with Crippen molar-refractivity contribution in [1.29, 1.82) is 0 Å². The van der Waals surface area contributed by atoms with Gasteiger partial charge in [0.15, 0.2) is 11.0 Å². The maximum Gasteiger partial charge on any atom is 0.244 e. The Labute approximate surface area is 307 Å². The van der Waals surface area contributed by atoms with Gasteiger partial charge in [-0.15, -0.1) is 0 Å². The van der Waals surface area contributed by atoms with Crippen molar-refractivity contribution in [2.75, 3.05) is 0 Å². The number of hydrogen-bond donors (Lipinski definition) is 0. The third-order valence-corrected chi connectivity index (χ3v) is 11.0. The van der Waals surface area contributed by atoms with Gasteiger partial charge >= 0.3 is 0 Å². The molecule has 1 unspecified atom stereocenters. The smallest absolute Gasteiger partial charge is 0.244 e. The van der Waals surface area contributed by atoms with Crippen molar-refractivity contribution < 1.29 is 17.0 Å².